The summed E-state index contributed by atoms with van der Waals surface area (Å²) in [6, 6.07) is 14.7. The van der Waals surface area contributed by atoms with E-state index in [1.807, 2.05) is 13.0 Å². The van der Waals surface area contributed by atoms with E-state index >= 15 is 0 Å². The second-order valence-corrected chi connectivity index (χ2v) is 13.5. The molecule has 2 amide bonds. The summed E-state index contributed by atoms with van der Waals surface area (Å²) in [6.45, 7) is 7.49. The van der Waals surface area contributed by atoms with Crippen LogP contribution in [0.25, 0.3) is 10.4 Å². The van der Waals surface area contributed by atoms with Crippen LogP contribution in [0.1, 0.15) is 61.3 Å². The van der Waals surface area contributed by atoms with Gasteiger partial charge in [0.25, 0.3) is 11.8 Å². The van der Waals surface area contributed by atoms with Gasteiger partial charge in [-0.15, -0.1) is 11.3 Å². The molecule has 2 saturated heterocycles. The zero-order valence-electron chi connectivity index (χ0n) is 26.3. The molecular formula is C36H35FN4O5S. The van der Waals surface area contributed by atoms with Crippen LogP contribution >= 0.6 is 11.3 Å². The number of aryl methyl sites for hydroxylation is 1. The number of benzene rings is 2. The highest BCUT2D eigenvalue weighted by molar-refractivity contribution is 7.17. The van der Waals surface area contributed by atoms with E-state index < -0.39 is 11.8 Å². The number of ether oxygens (including phenoxy) is 2. The van der Waals surface area contributed by atoms with E-state index in [9.17, 15) is 18.8 Å². The minimum atomic E-state index is -0.462. The number of amides is 2. The molecule has 0 radical (unpaired) electrons. The first-order valence-corrected chi connectivity index (χ1v) is 16.7. The topological polar surface area (TPSA) is 101 Å². The number of hydrogen-bond acceptors (Lipinski definition) is 8. The minimum Gasteiger partial charge on any atom is -0.462 e. The van der Waals surface area contributed by atoms with E-state index in [0.717, 1.165) is 55.1 Å². The molecule has 1 N–H and O–H groups in total. The third-order valence-corrected chi connectivity index (χ3v) is 10.4. The average molecular weight is 655 g/mol. The Bertz CT molecular complexity index is 1860. The fourth-order valence-electron chi connectivity index (χ4n) is 6.69. The van der Waals surface area contributed by atoms with Gasteiger partial charge in [-0.25, -0.2) is 14.2 Å². The number of pyridine rings is 1. The Morgan fingerprint density at radius 3 is 2.57 bits per heavy atom. The molecule has 2 aromatic heterocycles. The molecule has 2 aromatic carbocycles. The molecular weight excluding hydrogens is 619 g/mol. The number of anilines is 3. The Hall–Kier alpha value is -4.61. The van der Waals surface area contributed by atoms with Crippen LogP contribution in [0, 0.1) is 18.2 Å². The third kappa shape index (κ3) is 6.01. The van der Waals surface area contributed by atoms with Crippen molar-refractivity contribution in [3.05, 3.63) is 93.7 Å². The molecule has 0 saturated carbocycles. The Kier molecular flexibility index (Phi) is 8.27. The number of esters is 1. The van der Waals surface area contributed by atoms with Crippen LogP contribution in [0.4, 0.5) is 21.6 Å². The van der Waals surface area contributed by atoms with E-state index in [1.54, 1.807) is 54.4 Å². The predicted octanol–water partition coefficient (Wildman–Crippen LogP) is 6.51. The number of rotatable bonds is 6. The average Bonchev–Trinajstić information content (AvgIpc) is 3.42. The maximum Gasteiger partial charge on any atom is 0.348 e. The van der Waals surface area contributed by atoms with Crippen LogP contribution in [-0.2, 0) is 15.9 Å². The lowest BCUT2D eigenvalue weighted by Gasteiger charge is -2.53. The van der Waals surface area contributed by atoms with Gasteiger partial charge in [-0.2, -0.15) is 0 Å². The molecule has 7 rings (SSSR count). The van der Waals surface area contributed by atoms with Gasteiger partial charge in [0.15, 0.2) is 0 Å². The van der Waals surface area contributed by atoms with Crippen LogP contribution < -0.4 is 15.1 Å². The molecule has 0 unspecified atom stereocenters. The zero-order valence-corrected chi connectivity index (χ0v) is 27.1. The normalized spacial score (nSPS) is 16.5. The van der Waals surface area contributed by atoms with E-state index in [-0.39, 0.29) is 23.8 Å². The highest BCUT2D eigenvalue weighted by atomic mass is 32.1. The van der Waals surface area contributed by atoms with Gasteiger partial charge in [0, 0.05) is 66.2 Å². The first-order valence-electron chi connectivity index (χ1n) is 15.9. The molecule has 0 aliphatic carbocycles. The van der Waals surface area contributed by atoms with E-state index in [1.165, 1.54) is 23.5 Å². The molecule has 4 aromatic rings. The number of carbonyl (C=O) groups excluding carboxylic acids is 3. The molecule has 5 heterocycles. The SMILES string of the molecule is CCOC(=O)c1cc2c(s1)-c1ccc(F)cc1N(C(=O)c1ccc(NC(=O)c3cc(C)cnc3N3CC4(CCOCC4)C3)cc1)CC2. The van der Waals surface area contributed by atoms with Gasteiger partial charge < -0.3 is 24.6 Å². The predicted molar refractivity (Wildman–Crippen MR) is 179 cm³/mol. The fourth-order valence-corrected chi connectivity index (χ4v) is 7.83. The standard InChI is InChI=1S/C36H35FN4O5S/c1-3-46-35(44)30-17-24-10-13-41(29-18-25(37)6-9-27(29)31(24)47-30)34(43)23-4-7-26(8-5-23)39-33(42)28-16-22(2)19-38-32(28)40-20-36(21-40)11-14-45-15-12-36/h4-9,16-19H,3,10-15,20-21H2,1-2H3,(H,39,42). The molecule has 0 bridgehead atoms. The summed E-state index contributed by atoms with van der Waals surface area (Å²) in [6.07, 6.45) is 4.31. The fraction of sp³-hybridized carbons (Fsp3) is 0.333. The molecule has 3 aliphatic heterocycles. The lowest BCUT2D eigenvalue weighted by atomic mass is 9.73. The summed E-state index contributed by atoms with van der Waals surface area (Å²) in [7, 11) is 0. The quantitative estimate of drug-likeness (QED) is 0.237. The van der Waals surface area contributed by atoms with Crippen molar-refractivity contribution in [2.24, 2.45) is 5.41 Å². The minimum absolute atomic E-state index is 0.234. The highest BCUT2D eigenvalue weighted by Gasteiger charge is 2.45. The van der Waals surface area contributed by atoms with Crippen LogP contribution in [0.2, 0.25) is 0 Å². The number of fused-ring (bicyclic) bond motifs is 3. The monoisotopic (exact) mass is 654 g/mol. The summed E-state index contributed by atoms with van der Waals surface area (Å²) < 4.78 is 25.3. The van der Waals surface area contributed by atoms with Crippen molar-refractivity contribution in [2.75, 3.05) is 54.6 Å². The highest BCUT2D eigenvalue weighted by Crippen LogP contribution is 2.44. The summed E-state index contributed by atoms with van der Waals surface area (Å²) >= 11 is 1.29. The van der Waals surface area contributed by atoms with Crippen molar-refractivity contribution in [2.45, 2.75) is 33.1 Å². The van der Waals surface area contributed by atoms with Crippen molar-refractivity contribution < 1.29 is 28.2 Å². The Morgan fingerprint density at radius 1 is 1.06 bits per heavy atom. The number of hydrogen-bond donors (Lipinski definition) is 1. The second kappa shape index (κ2) is 12.5. The number of thiophene rings is 1. The lowest BCUT2D eigenvalue weighted by Crippen LogP contribution is -2.59. The summed E-state index contributed by atoms with van der Waals surface area (Å²) in [5.74, 6) is -0.745. The van der Waals surface area contributed by atoms with Crippen LogP contribution in [0.15, 0.2) is 60.8 Å². The smallest absolute Gasteiger partial charge is 0.348 e. The van der Waals surface area contributed by atoms with Gasteiger partial charge >= 0.3 is 5.97 Å². The first kappa shape index (κ1) is 31.0. The van der Waals surface area contributed by atoms with E-state index in [2.05, 4.69) is 15.2 Å². The molecule has 9 nitrogen and oxygen atoms in total. The number of halogens is 1. The van der Waals surface area contributed by atoms with E-state index in [4.69, 9.17) is 9.47 Å². The number of nitrogens with zero attached hydrogens (tertiary/aromatic N) is 3. The van der Waals surface area contributed by atoms with Crippen LogP contribution in [-0.4, -0.2) is 62.2 Å². The molecule has 242 valence electrons. The molecule has 11 heteroatoms. The van der Waals surface area contributed by atoms with Crippen LogP contribution in [0.5, 0.6) is 0 Å². The largest absolute Gasteiger partial charge is 0.462 e. The van der Waals surface area contributed by atoms with Crippen molar-refractivity contribution in [1.29, 1.82) is 0 Å². The van der Waals surface area contributed by atoms with Gasteiger partial charge in [-0.1, -0.05) is 0 Å². The molecule has 2 fully saturated rings. The van der Waals surface area contributed by atoms with Crippen molar-refractivity contribution in [3.63, 3.8) is 0 Å². The molecule has 0 atom stereocenters. The lowest BCUT2D eigenvalue weighted by molar-refractivity contribution is -0.000512. The van der Waals surface area contributed by atoms with Crippen molar-refractivity contribution >= 4 is 46.3 Å². The van der Waals surface area contributed by atoms with Gasteiger partial charge in [0.1, 0.15) is 16.5 Å². The maximum absolute atomic E-state index is 14.6. The molecule has 3 aliphatic rings. The Morgan fingerprint density at radius 2 is 1.83 bits per heavy atom. The Balaban J connectivity index is 1.08. The zero-order chi connectivity index (χ0) is 32.7. The second-order valence-electron chi connectivity index (χ2n) is 12.4. The van der Waals surface area contributed by atoms with Gasteiger partial charge in [-0.3, -0.25) is 9.59 Å². The maximum atomic E-state index is 14.6. The summed E-state index contributed by atoms with van der Waals surface area (Å²) in [4.78, 5) is 49.5. The number of carbonyl (C=O) groups is 3. The summed E-state index contributed by atoms with van der Waals surface area (Å²) in [5.41, 5.74) is 4.61. The molecule has 47 heavy (non-hydrogen) atoms. The number of nitrogens with one attached hydrogen (secondary N) is 1. The van der Waals surface area contributed by atoms with Gasteiger partial charge in [0.2, 0.25) is 0 Å². The third-order valence-electron chi connectivity index (χ3n) is 9.17. The molecule has 1 spiro atoms. The van der Waals surface area contributed by atoms with Gasteiger partial charge in [0.05, 0.1) is 17.9 Å². The van der Waals surface area contributed by atoms with Crippen molar-refractivity contribution in [3.8, 4) is 10.4 Å². The Labute approximate surface area is 276 Å². The van der Waals surface area contributed by atoms with Gasteiger partial charge in [-0.05, 0) is 98.8 Å². The summed E-state index contributed by atoms with van der Waals surface area (Å²) in [5, 5.41) is 2.97. The number of aromatic nitrogens is 1. The van der Waals surface area contributed by atoms with Crippen LogP contribution in [0.3, 0.4) is 0 Å². The first-order chi connectivity index (χ1) is 22.7. The van der Waals surface area contributed by atoms with Crippen molar-refractivity contribution in [1.82, 2.24) is 4.98 Å². The van der Waals surface area contributed by atoms with E-state index in [0.29, 0.717) is 51.7 Å².